The minimum absolute atomic E-state index is 0.138. The molecule has 0 aliphatic carbocycles. The van der Waals surface area contributed by atoms with Crippen molar-refractivity contribution in [3.05, 3.63) is 40.5 Å². The molecular formula is C12H13ClN2O2S2. The molecule has 0 saturated carbocycles. The maximum absolute atomic E-state index is 12.3. The molecule has 0 spiro atoms. The van der Waals surface area contributed by atoms with E-state index < -0.39 is 10.0 Å². The number of aryl methyl sites for hydroxylation is 1. The third-order valence-corrected chi connectivity index (χ3v) is 6.12. The summed E-state index contributed by atoms with van der Waals surface area (Å²) in [5.74, 6) is 0. The fourth-order valence-electron chi connectivity index (χ4n) is 1.57. The molecule has 2 aromatic rings. The average molecular weight is 317 g/mol. The second-order valence-corrected chi connectivity index (χ2v) is 7.73. The first-order valence-corrected chi connectivity index (χ1v) is 8.28. The van der Waals surface area contributed by atoms with Gasteiger partial charge in [0.15, 0.2) is 8.68 Å². The van der Waals surface area contributed by atoms with Gasteiger partial charge in [-0.25, -0.2) is 13.4 Å². The molecule has 0 aliphatic heterocycles. The van der Waals surface area contributed by atoms with E-state index in [1.807, 2.05) is 12.1 Å². The van der Waals surface area contributed by atoms with Crippen LogP contribution in [0.1, 0.15) is 12.5 Å². The number of anilines is 1. The zero-order chi connectivity index (χ0) is 14.0. The molecule has 0 aliphatic rings. The van der Waals surface area contributed by atoms with Gasteiger partial charge in [0.25, 0.3) is 10.0 Å². The number of hydrogen-bond acceptors (Lipinski definition) is 4. The molecule has 0 N–H and O–H groups in total. The van der Waals surface area contributed by atoms with Gasteiger partial charge in [-0.3, -0.25) is 4.31 Å². The Hall–Kier alpha value is -1.11. The van der Waals surface area contributed by atoms with Crippen LogP contribution >= 0.6 is 22.9 Å². The molecule has 0 radical (unpaired) electrons. The Kier molecular flexibility index (Phi) is 4.13. The van der Waals surface area contributed by atoms with Crippen LogP contribution in [0.4, 0.5) is 5.69 Å². The highest BCUT2D eigenvalue weighted by Crippen LogP contribution is 2.28. The molecule has 0 amide bonds. The fourth-order valence-corrected chi connectivity index (χ4v) is 4.23. The van der Waals surface area contributed by atoms with Crippen molar-refractivity contribution in [2.45, 2.75) is 17.6 Å². The van der Waals surface area contributed by atoms with E-state index in [2.05, 4.69) is 11.9 Å². The highest BCUT2D eigenvalue weighted by molar-refractivity contribution is 7.94. The summed E-state index contributed by atoms with van der Waals surface area (Å²) < 4.78 is 26.3. The minimum Gasteiger partial charge on any atom is -0.269 e. The van der Waals surface area contributed by atoms with Gasteiger partial charge in [-0.05, 0) is 24.1 Å². The van der Waals surface area contributed by atoms with Gasteiger partial charge in [0.2, 0.25) is 0 Å². The van der Waals surface area contributed by atoms with Crippen molar-refractivity contribution < 1.29 is 8.42 Å². The smallest absolute Gasteiger partial charge is 0.269 e. The summed E-state index contributed by atoms with van der Waals surface area (Å²) in [4.78, 5) is 3.76. The number of hydrogen-bond donors (Lipinski definition) is 0. The van der Waals surface area contributed by atoms with Crippen LogP contribution < -0.4 is 4.31 Å². The lowest BCUT2D eigenvalue weighted by atomic mass is 10.1. The molecular weight excluding hydrogens is 304 g/mol. The molecule has 0 saturated heterocycles. The van der Waals surface area contributed by atoms with Gasteiger partial charge in [-0.2, -0.15) is 0 Å². The first-order chi connectivity index (χ1) is 8.95. The second-order valence-electron chi connectivity index (χ2n) is 3.92. The van der Waals surface area contributed by atoms with Crippen LogP contribution in [0.25, 0.3) is 0 Å². The predicted octanol–water partition coefficient (Wildman–Crippen LogP) is 3.18. The van der Waals surface area contributed by atoms with E-state index in [0.29, 0.717) is 5.69 Å². The molecule has 1 aromatic carbocycles. The lowest BCUT2D eigenvalue weighted by Gasteiger charge is -2.18. The Morgan fingerprint density at radius 1 is 1.32 bits per heavy atom. The summed E-state index contributed by atoms with van der Waals surface area (Å²) in [7, 11) is -2.07. The summed E-state index contributed by atoms with van der Waals surface area (Å²) >= 11 is 6.63. The van der Waals surface area contributed by atoms with E-state index in [9.17, 15) is 8.42 Å². The number of sulfonamides is 1. The Morgan fingerprint density at radius 3 is 2.42 bits per heavy atom. The maximum Gasteiger partial charge on any atom is 0.275 e. The number of aromatic nitrogens is 1. The van der Waals surface area contributed by atoms with Gasteiger partial charge in [0.1, 0.15) is 0 Å². The van der Waals surface area contributed by atoms with Crippen molar-refractivity contribution in [3.63, 3.8) is 0 Å². The predicted molar refractivity (Wildman–Crippen MR) is 78.5 cm³/mol. The Morgan fingerprint density at radius 2 is 1.95 bits per heavy atom. The topological polar surface area (TPSA) is 50.3 Å². The number of thiazole rings is 1. The summed E-state index contributed by atoms with van der Waals surface area (Å²) in [6.07, 6.45) is 2.19. The molecule has 102 valence electrons. The van der Waals surface area contributed by atoms with Crippen molar-refractivity contribution in [2.75, 3.05) is 11.4 Å². The normalized spacial score (nSPS) is 11.5. The van der Waals surface area contributed by atoms with E-state index in [-0.39, 0.29) is 8.68 Å². The molecule has 1 heterocycles. The maximum atomic E-state index is 12.3. The number of benzene rings is 1. The van der Waals surface area contributed by atoms with Crippen LogP contribution in [0.2, 0.25) is 4.47 Å². The van der Waals surface area contributed by atoms with Crippen LogP contribution in [0.15, 0.2) is 34.7 Å². The molecule has 1 aromatic heterocycles. The van der Waals surface area contributed by atoms with E-state index >= 15 is 0 Å². The van der Waals surface area contributed by atoms with Gasteiger partial charge >= 0.3 is 0 Å². The first-order valence-electron chi connectivity index (χ1n) is 5.64. The highest BCUT2D eigenvalue weighted by atomic mass is 35.5. The summed E-state index contributed by atoms with van der Waals surface area (Å²) in [6.45, 7) is 2.05. The van der Waals surface area contributed by atoms with E-state index in [1.54, 1.807) is 12.1 Å². The second kappa shape index (κ2) is 5.48. The summed E-state index contributed by atoms with van der Waals surface area (Å²) in [5, 5.41) is 0. The standard InChI is InChI=1S/C12H13ClN2O2S2/c1-3-9-4-6-10(7-5-9)15(2)19(16,17)11-8-14-12(13)18-11/h4-8H,3H2,1-2H3. The summed E-state index contributed by atoms with van der Waals surface area (Å²) in [6, 6.07) is 7.42. The van der Waals surface area contributed by atoms with Crippen LogP contribution in [0.5, 0.6) is 0 Å². The molecule has 0 atom stereocenters. The quantitative estimate of drug-likeness (QED) is 0.870. The lowest BCUT2D eigenvalue weighted by molar-refractivity contribution is 0.596. The zero-order valence-electron chi connectivity index (χ0n) is 10.5. The number of nitrogens with zero attached hydrogens (tertiary/aromatic N) is 2. The van der Waals surface area contributed by atoms with E-state index in [4.69, 9.17) is 11.6 Å². The first kappa shape index (κ1) is 14.3. The molecule has 0 unspecified atom stereocenters. The van der Waals surface area contributed by atoms with Gasteiger partial charge in [-0.15, -0.1) is 0 Å². The van der Waals surface area contributed by atoms with Gasteiger partial charge < -0.3 is 0 Å². The third-order valence-electron chi connectivity index (χ3n) is 2.78. The van der Waals surface area contributed by atoms with Gasteiger partial charge in [-0.1, -0.05) is 42.0 Å². The Bertz CT molecular complexity index is 665. The van der Waals surface area contributed by atoms with Gasteiger partial charge in [0, 0.05) is 7.05 Å². The Labute approximate surface area is 121 Å². The molecule has 0 fully saturated rings. The molecule has 4 nitrogen and oxygen atoms in total. The lowest BCUT2D eigenvalue weighted by Crippen LogP contribution is -2.25. The van der Waals surface area contributed by atoms with Crippen molar-refractivity contribution in [2.24, 2.45) is 0 Å². The molecule has 7 heteroatoms. The summed E-state index contributed by atoms with van der Waals surface area (Å²) in [5.41, 5.74) is 1.78. The molecule has 19 heavy (non-hydrogen) atoms. The highest BCUT2D eigenvalue weighted by Gasteiger charge is 2.23. The fraction of sp³-hybridized carbons (Fsp3) is 0.250. The van der Waals surface area contributed by atoms with Crippen LogP contribution in [0, 0.1) is 0 Å². The van der Waals surface area contributed by atoms with Crippen molar-refractivity contribution in [3.8, 4) is 0 Å². The van der Waals surface area contributed by atoms with E-state index in [1.165, 1.54) is 17.5 Å². The largest absolute Gasteiger partial charge is 0.275 e. The third kappa shape index (κ3) is 2.91. The Balaban J connectivity index is 2.34. The minimum atomic E-state index is -3.59. The van der Waals surface area contributed by atoms with Crippen molar-refractivity contribution in [1.29, 1.82) is 0 Å². The SMILES string of the molecule is CCc1ccc(N(C)S(=O)(=O)c2cnc(Cl)s2)cc1. The average Bonchev–Trinajstić information content (AvgIpc) is 2.85. The zero-order valence-corrected chi connectivity index (χ0v) is 12.9. The van der Waals surface area contributed by atoms with Crippen molar-refractivity contribution in [1.82, 2.24) is 4.98 Å². The molecule has 0 bridgehead atoms. The van der Waals surface area contributed by atoms with Gasteiger partial charge in [0.05, 0.1) is 11.9 Å². The van der Waals surface area contributed by atoms with Crippen molar-refractivity contribution >= 4 is 38.6 Å². The van der Waals surface area contributed by atoms with E-state index in [0.717, 1.165) is 23.3 Å². The van der Waals surface area contributed by atoms with Crippen LogP contribution in [-0.4, -0.2) is 20.4 Å². The monoisotopic (exact) mass is 316 g/mol. The number of halogens is 1. The molecule has 2 rings (SSSR count). The van der Waals surface area contributed by atoms with Crippen LogP contribution in [0.3, 0.4) is 0 Å². The number of rotatable bonds is 4. The van der Waals surface area contributed by atoms with Crippen LogP contribution in [-0.2, 0) is 16.4 Å².